The number of aromatic nitrogens is 2. The third kappa shape index (κ3) is 2.61. The number of aliphatic carboxylic acids is 1. The summed E-state index contributed by atoms with van der Waals surface area (Å²) in [5.41, 5.74) is 7.34. The van der Waals surface area contributed by atoms with Gasteiger partial charge >= 0.3 is 5.97 Å². The zero-order chi connectivity index (χ0) is 12.5. The Balaban J connectivity index is 3.11. The predicted molar refractivity (Wildman–Crippen MR) is 61.2 cm³/mol. The van der Waals surface area contributed by atoms with E-state index in [4.69, 9.17) is 10.8 Å². The summed E-state index contributed by atoms with van der Waals surface area (Å²) in [4.78, 5) is 10.9. The molecule has 0 saturated carbocycles. The Bertz CT molecular complexity index is 390. The second-order valence-electron chi connectivity index (χ2n) is 4.78. The van der Waals surface area contributed by atoms with Crippen molar-refractivity contribution >= 4 is 5.97 Å². The Labute approximate surface area is 95.3 Å². The highest BCUT2D eigenvalue weighted by molar-refractivity contribution is 5.68. The average molecular weight is 225 g/mol. The first-order valence-corrected chi connectivity index (χ1v) is 5.22. The molecule has 0 radical (unpaired) electrons. The second-order valence-corrected chi connectivity index (χ2v) is 4.78. The first-order valence-electron chi connectivity index (χ1n) is 5.22. The number of aryl methyl sites for hydroxylation is 1. The Hall–Kier alpha value is -1.36. The number of carbonyl (C=O) groups is 1. The van der Waals surface area contributed by atoms with Crippen molar-refractivity contribution in [3.8, 4) is 0 Å². The molecule has 90 valence electrons. The molecule has 0 bridgehead atoms. The van der Waals surface area contributed by atoms with Crippen LogP contribution in [-0.2, 0) is 11.8 Å². The SMILES string of the molecule is Cc1c(C(CC(=O)O)C(C)(C)N)cnn1C. The maximum Gasteiger partial charge on any atom is 0.304 e. The third-order valence-electron chi connectivity index (χ3n) is 2.93. The Morgan fingerprint density at radius 3 is 2.56 bits per heavy atom. The van der Waals surface area contributed by atoms with Gasteiger partial charge in [-0.3, -0.25) is 9.48 Å². The van der Waals surface area contributed by atoms with E-state index in [0.29, 0.717) is 0 Å². The fourth-order valence-electron chi connectivity index (χ4n) is 1.81. The molecule has 1 aromatic rings. The molecule has 1 aromatic heterocycles. The van der Waals surface area contributed by atoms with Crippen LogP contribution in [-0.4, -0.2) is 26.4 Å². The van der Waals surface area contributed by atoms with E-state index in [9.17, 15) is 4.79 Å². The molecule has 1 unspecified atom stereocenters. The molecular formula is C11H19N3O2. The molecule has 0 fully saturated rings. The molecule has 0 amide bonds. The minimum atomic E-state index is -0.841. The van der Waals surface area contributed by atoms with Gasteiger partial charge in [0, 0.05) is 24.2 Å². The van der Waals surface area contributed by atoms with E-state index in [1.807, 2.05) is 27.8 Å². The van der Waals surface area contributed by atoms with Crippen LogP contribution >= 0.6 is 0 Å². The van der Waals surface area contributed by atoms with Crippen molar-refractivity contribution in [3.63, 3.8) is 0 Å². The van der Waals surface area contributed by atoms with Crippen molar-refractivity contribution in [3.05, 3.63) is 17.5 Å². The largest absolute Gasteiger partial charge is 0.481 e. The number of hydrogen-bond donors (Lipinski definition) is 2. The molecule has 1 atom stereocenters. The van der Waals surface area contributed by atoms with E-state index in [2.05, 4.69) is 5.10 Å². The van der Waals surface area contributed by atoms with Gasteiger partial charge in [-0.15, -0.1) is 0 Å². The molecule has 0 aromatic carbocycles. The fraction of sp³-hybridized carbons (Fsp3) is 0.636. The summed E-state index contributed by atoms with van der Waals surface area (Å²) in [7, 11) is 1.83. The summed E-state index contributed by atoms with van der Waals surface area (Å²) in [6.07, 6.45) is 1.73. The zero-order valence-electron chi connectivity index (χ0n) is 10.2. The minimum Gasteiger partial charge on any atom is -0.481 e. The van der Waals surface area contributed by atoms with Gasteiger partial charge in [0.15, 0.2) is 0 Å². The van der Waals surface area contributed by atoms with Gasteiger partial charge in [0.05, 0.1) is 12.6 Å². The van der Waals surface area contributed by atoms with Crippen LogP contribution in [0.4, 0.5) is 0 Å². The van der Waals surface area contributed by atoms with Gasteiger partial charge in [-0.05, 0) is 26.3 Å². The molecular weight excluding hydrogens is 206 g/mol. The van der Waals surface area contributed by atoms with E-state index in [1.54, 1.807) is 10.9 Å². The maximum atomic E-state index is 10.9. The molecule has 0 aliphatic heterocycles. The van der Waals surface area contributed by atoms with Crippen molar-refractivity contribution < 1.29 is 9.90 Å². The van der Waals surface area contributed by atoms with Crippen LogP contribution < -0.4 is 5.73 Å². The lowest BCUT2D eigenvalue weighted by Crippen LogP contribution is -2.40. The number of carboxylic acids is 1. The topological polar surface area (TPSA) is 81.1 Å². The van der Waals surface area contributed by atoms with E-state index >= 15 is 0 Å². The Kier molecular flexibility index (Phi) is 3.38. The van der Waals surface area contributed by atoms with Crippen LogP contribution in [0, 0.1) is 6.92 Å². The third-order valence-corrected chi connectivity index (χ3v) is 2.93. The number of nitrogens with zero attached hydrogens (tertiary/aromatic N) is 2. The lowest BCUT2D eigenvalue weighted by Gasteiger charge is -2.29. The van der Waals surface area contributed by atoms with E-state index in [1.165, 1.54) is 0 Å². The summed E-state index contributed by atoms with van der Waals surface area (Å²) >= 11 is 0. The number of rotatable bonds is 4. The maximum absolute atomic E-state index is 10.9. The Morgan fingerprint density at radius 2 is 2.25 bits per heavy atom. The molecule has 3 N–H and O–H groups in total. The van der Waals surface area contributed by atoms with Gasteiger partial charge in [0.25, 0.3) is 0 Å². The molecule has 0 aliphatic carbocycles. The van der Waals surface area contributed by atoms with Crippen LogP contribution in [0.25, 0.3) is 0 Å². The zero-order valence-corrected chi connectivity index (χ0v) is 10.2. The van der Waals surface area contributed by atoms with Crippen molar-refractivity contribution in [2.24, 2.45) is 12.8 Å². The molecule has 0 spiro atoms. The van der Waals surface area contributed by atoms with Gasteiger partial charge in [0.1, 0.15) is 0 Å². The van der Waals surface area contributed by atoms with E-state index in [0.717, 1.165) is 11.3 Å². The van der Waals surface area contributed by atoms with Gasteiger partial charge in [-0.2, -0.15) is 5.10 Å². The standard InChI is InChI=1S/C11H19N3O2/c1-7-8(6-13-14(7)4)9(5-10(15)16)11(2,3)12/h6,9H,5,12H2,1-4H3,(H,15,16). The number of nitrogens with two attached hydrogens (primary N) is 1. The quantitative estimate of drug-likeness (QED) is 0.801. The molecule has 1 rings (SSSR count). The Morgan fingerprint density at radius 1 is 1.69 bits per heavy atom. The fourth-order valence-corrected chi connectivity index (χ4v) is 1.81. The molecule has 5 nitrogen and oxygen atoms in total. The smallest absolute Gasteiger partial charge is 0.304 e. The normalized spacial score (nSPS) is 13.8. The van der Waals surface area contributed by atoms with Crippen LogP contribution in [0.1, 0.15) is 37.4 Å². The van der Waals surface area contributed by atoms with Gasteiger partial charge in [-0.25, -0.2) is 0 Å². The van der Waals surface area contributed by atoms with Crippen LogP contribution in [0.3, 0.4) is 0 Å². The van der Waals surface area contributed by atoms with E-state index in [-0.39, 0.29) is 12.3 Å². The van der Waals surface area contributed by atoms with Gasteiger partial charge in [-0.1, -0.05) is 0 Å². The number of hydrogen-bond acceptors (Lipinski definition) is 3. The summed E-state index contributed by atoms with van der Waals surface area (Å²) in [5.74, 6) is -1.06. The van der Waals surface area contributed by atoms with Crippen LogP contribution in [0.2, 0.25) is 0 Å². The lowest BCUT2D eigenvalue weighted by molar-refractivity contribution is -0.137. The highest BCUT2D eigenvalue weighted by Crippen LogP contribution is 2.31. The summed E-state index contributed by atoms with van der Waals surface area (Å²) in [6, 6.07) is 0. The summed E-state index contributed by atoms with van der Waals surface area (Å²) < 4.78 is 1.73. The van der Waals surface area contributed by atoms with Crippen molar-refractivity contribution in [2.45, 2.75) is 38.6 Å². The van der Waals surface area contributed by atoms with Crippen molar-refractivity contribution in [2.75, 3.05) is 0 Å². The number of carboxylic acid groups (broad SMARTS) is 1. The highest BCUT2D eigenvalue weighted by Gasteiger charge is 2.31. The van der Waals surface area contributed by atoms with Crippen LogP contribution in [0.5, 0.6) is 0 Å². The summed E-state index contributed by atoms with van der Waals surface area (Å²) in [5, 5.41) is 13.0. The van der Waals surface area contributed by atoms with Crippen molar-refractivity contribution in [1.29, 1.82) is 0 Å². The predicted octanol–water partition coefficient (Wildman–Crippen LogP) is 1.02. The monoisotopic (exact) mass is 225 g/mol. The molecule has 0 aliphatic rings. The average Bonchev–Trinajstić information content (AvgIpc) is 2.42. The van der Waals surface area contributed by atoms with Crippen molar-refractivity contribution in [1.82, 2.24) is 9.78 Å². The summed E-state index contributed by atoms with van der Waals surface area (Å²) in [6.45, 7) is 5.60. The molecule has 1 heterocycles. The minimum absolute atomic E-state index is 0.0238. The molecule has 5 heteroatoms. The first-order chi connectivity index (χ1) is 7.23. The lowest BCUT2D eigenvalue weighted by atomic mass is 9.80. The van der Waals surface area contributed by atoms with E-state index < -0.39 is 11.5 Å². The van der Waals surface area contributed by atoms with Gasteiger partial charge in [0.2, 0.25) is 0 Å². The highest BCUT2D eigenvalue weighted by atomic mass is 16.4. The van der Waals surface area contributed by atoms with Gasteiger partial charge < -0.3 is 10.8 Å². The molecule has 16 heavy (non-hydrogen) atoms. The molecule has 0 saturated heterocycles. The first kappa shape index (κ1) is 12.7. The van der Waals surface area contributed by atoms with Crippen LogP contribution in [0.15, 0.2) is 6.20 Å². The second kappa shape index (κ2) is 4.25.